The number of nitrogens with two attached hydrogens (primary N) is 1. The van der Waals surface area contributed by atoms with Gasteiger partial charge in [-0.3, -0.25) is 4.99 Å². The van der Waals surface area contributed by atoms with Crippen LogP contribution in [-0.4, -0.2) is 29.5 Å². The number of allylic oxidation sites excluding steroid dienone is 2. The molecule has 1 aliphatic carbocycles. The van der Waals surface area contributed by atoms with E-state index in [2.05, 4.69) is 77.6 Å². The standard InChI is InChI=1S/C25H32N4/c1-2-4-19-5-3-6-24-22(17-19)13-16-29(24)18-20-7-9-21(10-8-20)25(26)28-23-11-14-27-15-12-23/h3,5-10,13,16-17,19,23,27H,2,4,11-12,14-15,18H2,1H3,(H2,26,28). The van der Waals surface area contributed by atoms with Gasteiger partial charge in [-0.1, -0.05) is 55.8 Å². The summed E-state index contributed by atoms with van der Waals surface area (Å²) in [6.07, 6.45) is 15.9. The van der Waals surface area contributed by atoms with E-state index < -0.39 is 0 Å². The van der Waals surface area contributed by atoms with E-state index >= 15 is 0 Å². The van der Waals surface area contributed by atoms with Gasteiger partial charge in [0.1, 0.15) is 5.84 Å². The molecule has 1 aliphatic heterocycles. The highest BCUT2D eigenvalue weighted by Crippen LogP contribution is 2.12. The van der Waals surface area contributed by atoms with Crippen LogP contribution in [0.1, 0.15) is 43.7 Å². The normalized spacial score (nSPS) is 19.9. The molecule has 2 aromatic rings. The molecule has 152 valence electrons. The van der Waals surface area contributed by atoms with Crippen LogP contribution in [0.3, 0.4) is 0 Å². The lowest BCUT2D eigenvalue weighted by Gasteiger charge is -2.19. The number of fused-ring (bicyclic) bond motifs is 1. The molecule has 4 heteroatoms. The van der Waals surface area contributed by atoms with Crippen molar-refractivity contribution in [1.82, 2.24) is 9.88 Å². The Kier molecular flexibility index (Phi) is 6.30. The van der Waals surface area contributed by atoms with Crippen molar-refractivity contribution in [2.45, 2.75) is 45.2 Å². The van der Waals surface area contributed by atoms with Gasteiger partial charge in [0.15, 0.2) is 0 Å². The molecule has 2 heterocycles. The van der Waals surface area contributed by atoms with Crippen LogP contribution in [0, 0.1) is 5.92 Å². The zero-order valence-electron chi connectivity index (χ0n) is 17.3. The van der Waals surface area contributed by atoms with Crippen LogP contribution in [0.2, 0.25) is 0 Å². The fourth-order valence-corrected chi connectivity index (χ4v) is 4.25. The smallest absolute Gasteiger partial charge is 0.125 e. The van der Waals surface area contributed by atoms with Crippen LogP contribution in [0.15, 0.2) is 53.7 Å². The molecule has 1 saturated heterocycles. The number of aromatic nitrogens is 1. The van der Waals surface area contributed by atoms with E-state index in [0.29, 0.717) is 17.8 Å². The summed E-state index contributed by atoms with van der Waals surface area (Å²) in [5.74, 6) is 1.20. The number of hydrogen-bond donors (Lipinski definition) is 2. The molecule has 1 atom stereocenters. The third-order valence-electron chi connectivity index (χ3n) is 5.90. The molecule has 2 aliphatic rings. The molecular formula is C25H32N4. The molecule has 1 aromatic carbocycles. The van der Waals surface area contributed by atoms with E-state index in [4.69, 9.17) is 10.7 Å². The quantitative estimate of drug-likeness (QED) is 0.590. The zero-order chi connectivity index (χ0) is 20.1. The second kappa shape index (κ2) is 9.27. The van der Waals surface area contributed by atoms with Gasteiger partial charge in [-0.2, -0.15) is 0 Å². The molecule has 0 bridgehead atoms. The summed E-state index contributed by atoms with van der Waals surface area (Å²) >= 11 is 0. The van der Waals surface area contributed by atoms with Crippen LogP contribution in [0.25, 0.3) is 12.2 Å². The van der Waals surface area contributed by atoms with Crippen LogP contribution >= 0.6 is 0 Å². The molecule has 1 aromatic heterocycles. The summed E-state index contributed by atoms with van der Waals surface area (Å²) in [6.45, 7) is 5.17. The van der Waals surface area contributed by atoms with Crippen LogP contribution in [0.5, 0.6) is 0 Å². The van der Waals surface area contributed by atoms with Gasteiger partial charge in [-0.05, 0) is 61.2 Å². The highest BCUT2D eigenvalue weighted by molar-refractivity contribution is 5.97. The van der Waals surface area contributed by atoms with Crippen molar-refractivity contribution < 1.29 is 0 Å². The van der Waals surface area contributed by atoms with Gasteiger partial charge >= 0.3 is 0 Å². The van der Waals surface area contributed by atoms with Gasteiger partial charge < -0.3 is 15.6 Å². The number of benzene rings is 1. The predicted molar refractivity (Wildman–Crippen MR) is 122 cm³/mol. The molecule has 29 heavy (non-hydrogen) atoms. The van der Waals surface area contributed by atoms with Crippen LogP contribution in [-0.2, 0) is 6.54 Å². The van der Waals surface area contributed by atoms with Gasteiger partial charge in [0.05, 0.1) is 6.04 Å². The summed E-state index contributed by atoms with van der Waals surface area (Å²) in [5.41, 5.74) is 8.55. The lowest BCUT2D eigenvalue weighted by molar-refractivity contribution is 0.459. The van der Waals surface area contributed by atoms with E-state index in [-0.39, 0.29) is 0 Å². The summed E-state index contributed by atoms with van der Waals surface area (Å²) in [6, 6.07) is 11.1. The Morgan fingerprint density at radius 1 is 1.17 bits per heavy atom. The van der Waals surface area contributed by atoms with Gasteiger partial charge in [-0.25, -0.2) is 0 Å². The second-order valence-corrected chi connectivity index (χ2v) is 8.15. The minimum Gasteiger partial charge on any atom is -0.383 e. The summed E-state index contributed by atoms with van der Waals surface area (Å²) < 4.78 is 2.33. The Morgan fingerprint density at radius 2 is 1.97 bits per heavy atom. The fourth-order valence-electron chi connectivity index (χ4n) is 4.25. The lowest BCUT2D eigenvalue weighted by Crippen LogP contribution is -2.31. The first-order valence-electron chi connectivity index (χ1n) is 10.9. The molecule has 4 rings (SSSR count). The SMILES string of the molecule is CCCC1C=CC=c2c(ccn2Cc2ccc(C(N)=NC3CCNCC3)cc2)=C1. The highest BCUT2D eigenvalue weighted by Gasteiger charge is 2.12. The number of aliphatic imine (C=N–C) groups is 1. The van der Waals surface area contributed by atoms with E-state index in [1.807, 2.05) is 0 Å². The molecule has 3 N–H and O–H groups in total. The molecule has 4 nitrogen and oxygen atoms in total. The van der Waals surface area contributed by atoms with E-state index in [9.17, 15) is 0 Å². The summed E-state index contributed by atoms with van der Waals surface area (Å²) in [7, 11) is 0. The number of nitrogens with zero attached hydrogens (tertiary/aromatic N) is 2. The Morgan fingerprint density at radius 3 is 2.72 bits per heavy atom. The Hall–Kier alpha value is -2.59. The topological polar surface area (TPSA) is 55.3 Å². The molecular weight excluding hydrogens is 356 g/mol. The molecule has 1 unspecified atom stereocenters. The monoisotopic (exact) mass is 388 g/mol. The van der Waals surface area contributed by atoms with Crippen molar-refractivity contribution in [2.24, 2.45) is 16.6 Å². The Balaban J connectivity index is 1.49. The molecule has 0 amide bonds. The van der Waals surface area contributed by atoms with Gasteiger partial charge in [0.2, 0.25) is 0 Å². The third kappa shape index (κ3) is 4.88. The minimum atomic E-state index is 0.350. The first-order valence-corrected chi connectivity index (χ1v) is 10.9. The molecule has 0 radical (unpaired) electrons. The van der Waals surface area contributed by atoms with Crippen molar-refractivity contribution in [3.05, 3.63) is 70.4 Å². The number of hydrogen-bond acceptors (Lipinski definition) is 2. The summed E-state index contributed by atoms with van der Waals surface area (Å²) in [5, 5.41) is 5.99. The van der Waals surface area contributed by atoms with E-state index in [1.165, 1.54) is 29.0 Å². The van der Waals surface area contributed by atoms with E-state index in [0.717, 1.165) is 38.0 Å². The van der Waals surface area contributed by atoms with Crippen molar-refractivity contribution in [2.75, 3.05) is 13.1 Å². The lowest BCUT2D eigenvalue weighted by atomic mass is 10.0. The van der Waals surface area contributed by atoms with Crippen molar-refractivity contribution in [1.29, 1.82) is 0 Å². The van der Waals surface area contributed by atoms with Crippen molar-refractivity contribution >= 4 is 18.0 Å². The highest BCUT2D eigenvalue weighted by atomic mass is 15.0. The van der Waals surface area contributed by atoms with Crippen molar-refractivity contribution in [3.63, 3.8) is 0 Å². The number of amidine groups is 1. The molecule has 1 fully saturated rings. The number of nitrogens with one attached hydrogen (secondary N) is 1. The maximum absolute atomic E-state index is 6.27. The van der Waals surface area contributed by atoms with Gasteiger partial charge in [0, 0.05) is 23.7 Å². The first-order chi connectivity index (χ1) is 14.2. The van der Waals surface area contributed by atoms with Crippen LogP contribution in [0.4, 0.5) is 0 Å². The third-order valence-corrected chi connectivity index (χ3v) is 5.90. The number of piperidine rings is 1. The maximum Gasteiger partial charge on any atom is 0.125 e. The largest absolute Gasteiger partial charge is 0.383 e. The number of rotatable bonds is 6. The predicted octanol–water partition coefficient (Wildman–Crippen LogP) is 2.54. The Labute approximate surface area is 173 Å². The van der Waals surface area contributed by atoms with E-state index in [1.54, 1.807) is 0 Å². The van der Waals surface area contributed by atoms with Gasteiger partial charge in [0.25, 0.3) is 0 Å². The zero-order valence-corrected chi connectivity index (χ0v) is 17.3. The van der Waals surface area contributed by atoms with Crippen LogP contribution < -0.4 is 21.6 Å². The first kappa shape index (κ1) is 19.7. The second-order valence-electron chi connectivity index (χ2n) is 8.15. The average Bonchev–Trinajstić information content (AvgIpc) is 2.98. The molecule has 0 spiro atoms. The van der Waals surface area contributed by atoms with Gasteiger partial charge in [-0.15, -0.1) is 0 Å². The van der Waals surface area contributed by atoms with Crippen molar-refractivity contribution in [3.8, 4) is 0 Å². The molecule has 0 saturated carbocycles. The Bertz CT molecular complexity index is 988. The summed E-state index contributed by atoms with van der Waals surface area (Å²) in [4.78, 5) is 4.73. The average molecular weight is 389 g/mol. The minimum absolute atomic E-state index is 0.350. The fraction of sp³-hybridized carbons (Fsp3) is 0.400. The maximum atomic E-state index is 6.27.